The molecule has 1 aliphatic carbocycles. The highest BCUT2D eigenvalue weighted by Crippen LogP contribution is 2.47. The van der Waals surface area contributed by atoms with Crippen LogP contribution in [-0.2, 0) is 14.0 Å². The van der Waals surface area contributed by atoms with Crippen molar-refractivity contribution in [2.75, 3.05) is 0 Å². The molecule has 0 aromatic carbocycles. The highest BCUT2D eigenvalue weighted by Gasteiger charge is 2.58. The van der Waals surface area contributed by atoms with Crippen molar-refractivity contribution < 1.29 is 19.1 Å². The first-order valence-corrected chi connectivity index (χ1v) is 10.1. The normalized spacial score (nSPS) is 36.0. The molecule has 1 heterocycles. The molecule has 1 saturated carbocycles. The predicted octanol–water partition coefficient (Wildman–Crippen LogP) is 2.61. The Morgan fingerprint density at radius 3 is 2.53 bits per heavy atom. The number of aliphatic hydroxyl groups excluding tert-OH is 1. The molecule has 110 valence electrons. The van der Waals surface area contributed by atoms with Crippen LogP contribution < -0.4 is 0 Å². The summed E-state index contributed by atoms with van der Waals surface area (Å²) in [6.07, 6.45) is 1.80. The Balaban J connectivity index is 2.19. The van der Waals surface area contributed by atoms with Gasteiger partial charge in [0, 0.05) is 0 Å². The maximum absolute atomic E-state index is 11.5. The fourth-order valence-electron chi connectivity index (χ4n) is 2.81. The number of rotatable bonds is 2. The number of ether oxygens (including phenoxy) is 1. The van der Waals surface area contributed by atoms with Gasteiger partial charge in [-0.1, -0.05) is 20.8 Å². The van der Waals surface area contributed by atoms with E-state index in [1.54, 1.807) is 0 Å². The molecule has 1 spiro atoms. The van der Waals surface area contributed by atoms with Crippen LogP contribution in [0.1, 0.15) is 46.5 Å². The Hall–Kier alpha value is -0.393. The molecule has 0 aromatic rings. The predicted molar refractivity (Wildman–Crippen MR) is 75.4 cm³/mol. The molecule has 19 heavy (non-hydrogen) atoms. The van der Waals surface area contributed by atoms with Crippen molar-refractivity contribution in [1.29, 1.82) is 0 Å². The fourth-order valence-corrected chi connectivity index (χ4v) is 4.19. The van der Waals surface area contributed by atoms with Gasteiger partial charge in [-0.2, -0.15) is 0 Å². The van der Waals surface area contributed by atoms with Crippen LogP contribution >= 0.6 is 0 Å². The summed E-state index contributed by atoms with van der Waals surface area (Å²) in [5.74, 6) is -0.293. The van der Waals surface area contributed by atoms with Gasteiger partial charge in [-0.25, -0.2) is 0 Å². The molecule has 0 radical (unpaired) electrons. The Kier molecular flexibility index (Phi) is 3.61. The molecule has 0 aromatic heterocycles. The van der Waals surface area contributed by atoms with Crippen molar-refractivity contribution in [3.63, 3.8) is 0 Å². The molecule has 0 amide bonds. The summed E-state index contributed by atoms with van der Waals surface area (Å²) < 4.78 is 11.9. The van der Waals surface area contributed by atoms with Gasteiger partial charge in [0.2, 0.25) is 0 Å². The van der Waals surface area contributed by atoms with E-state index in [4.69, 9.17) is 9.16 Å². The van der Waals surface area contributed by atoms with Crippen molar-refractivity contribution in [1.82, 2.24) is 0 Å². The summed E-state index contributed by atoms with van der Waals surface area (Å²) in [4.78, 5) is 11.5. The van der Waals surface area contributed by atoms with E-state index in [1.807, 2.05) is 0 Å². The Morgan fingerprint density at radius 2 is 2.05 bits per heavy atom. The Bertz CT molecular complexity index is 374. The zero-order valence-electron chi connectivity index (χ0n) is 12.7. The van der Waals surface area contributed by atoms with Gasteiger partial charge in [0.1, 0.15) is 6.10 Å². The third kappa shape index (κ3) is 2.48. The van der Waals surface area contributed by atoms with Crippen LogP contribution in [0.3, 0.4) is 0 Å². The summed E-state index contributed by atoms with van der Waals surface area (Å²) >= 11 is 0. The number of hydrogen-bond acceptors (Lipinski definition) is 4. The van der Waals surface area contributed by atoms with Crippen LogP contribution in [0.4, 0.5) is 0 Å². The van der Waals surface area contributed by atoms with Gasteiger partial charge in [-0.05, 0) is 37.4 Å². The second-order valence-corrected chi connectivity index (χ2v) is 12.2. The molecule has 2 aliphatic rings. The molecule has 4 nitrogen and oxygen atoms in total. The lowest BCUT2D eigenvalue weighted by Gasteiger charge is -2.42. The number of esters is 1. The number of carbonyl (C=O) groups excluding carboxylic acids is 1. The van der Waals surface area contributed by atoms with Crippen LogP contribution in [0.25, 0.3) is 0 Å². The molecular weight excluding hydrogens is 260 g/mol. The van der Waals surface area contributed by atoms with E-state index in [0.717, 1.165) is 19.3 Å². The Labute approximate surface area is 116 Å². The SMILES string of the molecule is CC(C)(C)[Si](C)(C)O[C@H]1CCCC12OC(=O)C[C@@H]2O. The molecule has 3 atom stereocenters. The minimum Gasteiger partial charge on any atom is -0.453 e. The van der Waals surface area contributed by atoms with Crippen LogP contribution in [0.15, 0.2) is 0 Å². The minimum absolute atomic E-state index is 0.108. The highest BCUT2D eigenvalue weighted by molar-refractivity contribution is 6.74. The van der Waals surface area contributed by atoms with Gasteiger partial charge in [0.15, 0.2) is 13.9 Å². The van der Waals surface area contributed by atoms with Crippen molar-refractivity contribution >= 4 is 14.3 Å². The smallest absolute Gasteiger partial charge is 0.309 e. The van der Waals surface area contributed by atoms with Gasteiger partial charge in [0.25, 0.3) is 0 Å². The van der Waals surface area contributed by atoms with Crippen molar-refractivity contribution in [3.05, 3.63) is 0 Å². The molecule has 1 saturated heterocycles. The lowest BCUT2D eigenvalue weighted by molar-refractivity contribution is -0.160. The topological polar surface area (TPSA) is 55.8 Å². The van der Waals surface area contributed by atoms with Crippen LogP contribution in [-0.4, -0.2) is 37.2 Å². The lowest BCUT2D eigenvalue weighted by Crippen LogP contribution is -2.53. The molecule has 2 rings (SSSR count). The van der Waals surface area contributed by atoms with E-state index in [1.165, 1.54) is 0 Å². The van der Waals surface area contributed by atoms with Gasteiger partial charge in [0.05, 0.1) is 12.5 Å². The molecule has 1 aliphatic heterocycles. The summed E-state index contributed by atoms with van der Waals surface area (Å²) in [5.41, 5.74) is -0.771. The first-order chi connectivity index (χ1) is 8.58. The van der Waals surface area contributed by atoms with Crippen LogP contribution in [0, 0.1) is 0 Å². The van der Waals surface area contributed by atoms with Crippen molar-refractivity contribution in [3.8, 4) is 0 Å². The average Bonchev–Trinajstić information content (AvgIpc) is 2.71. The third-order valence-corrected chi connectivity index (χ3v) is 9.54. The maximum atomic E-state index is 11.5. The minimum atomic E-state index is -1.92. The molecule has 5 heteroatoms. The molecular formula is C14H26O4Si. The van der Waals surface area contributed by atoms with Gasteiger partial charge in [-0.3, -0.25) is 4.79 Å². The van der Waals surface area contributed by atoms with E-state index < -0.39 is 20.0 Å². The van der Waals surface area contributed by atoms with Crippen LogP contribution in [0.2, 0.25) is 18.1 Å². The van der Waals surface area contributed by atoms with E-state index >= 15 is 0 Å². The maximum Gasteiger partial charge on any atom is 0.309 e. The standard InChI is InChI=1S/C14H26O4Si/c1-13(2,3)19(4,5)18-11-7-6-8-14(11)10(15)9-12(16)17-14/h10-11,15H,6-9H2,1-5H3/t10-,11-,14?/m0/s1. The second-order valence-electron chi connectivity index (χ2n) is 7.41. The van der Waals surface area contributed by atoms with Gasteiger partial charge in [-0.15, -0.1) is 0 Å². The third-order valence-electron chi connectivity index (χ3n) is 5.05. The van der Waals surface area contributed by atoms with Crippen molar-refractivity contribution in [2.24, 2.45) is 0 Å². The first kappa shape index (κ1) is 15.0. The van der Waals surface area contributed by atoms with E-state index in [-0.39, 0.29) is 23.5 Å². The quantitative estimate of drug-likeness (QED) is 0.626. The van der Waals surface area contributed by atoms with Gasteiger partial charge >= 0.3 is 5.97 Å². The fraction of sp³-hybridized carbons (Fsp3) is 0.929. The molecule has 0 bridgehead atoms. The van der Waals surface area contributed by atoms with E-state index in [9.17, 15) is 9.90 Å². The van der Waals surface area contributed by atoms with E-state index in [0.29, 0.717) is 0 Å². The molecule has 2 fully saturated rings. The van der Waals surface area contributed by atoms with Gasteiger partial charge < -0.3 is 14.3 Å². The lowest BCUT2D eigenvalue weighted by atomic mass is 9.93. The first-order valence-electron chi connectivity index (χ1n) is 7.16. The monoisotopic (exact) mass is 286 g/mol. The number of carbonyl (C=O) groups is 1. The average molecular weight is 286 g/mol. The number of hydrogen-bond donors (Lipinski definition) is 1. The Morgan fingerprint density at radius 1 is 1.42 bits per heavy atom. The van der Waals surface area contributed by atoms with Crippen LogP contribution in [0.5, 0.6) is 0 Å². The number of aliphatic hydroxyl groups is 1. The summed E-state index contributed by atoms with van der Waals surface area (Å²) in [7, 11) is -1.92. The molecule has 1 unspecified atom stereocenters. The summed E-state index contributed by atoms with van der Waals surface area (Å²) in [6.45, 7) is 11.0. The zero-order chi connectivity index (χ0) is 14.5. The van der Waals surface area contributed by atoms with E-state index in [2.05, 4.69) is 33.9 Å². The summed E-state index contributed by atoms with van der Waals surface area (Å²) in [6, 6.07) is 0. The van der Waals surface area contributed by atoms with Crippen molar-refractivity contribution in [2.45, 2.75) is 82.4 Å². The highest BCUT2D eigenvalue weighted by atomic mass is 28.4. The second kappa shape index (κ2) is 4.57. The molecule has 1 N–H and O–H groups in total. The largest absolute Gasteiger partial charge is 0.453 e. The zero-order valence-corrected chi connectivity index (χ0v) is 13.7. The summed E-state index contributed by atoms with van der Waals surface area (Å²) in [5, 5.41) is 10.3.